The first-order chi connectivity index (χ1) is 12.7. The number of nitrogens with one attached hydrogen (secondary N) is 3. The Morgan fingerprint density at radius 1 is 1.15 bits per heavy atom. The van der Waals surface area contributed by atoms with Gasteiger partial charge in [0.1, 0.15) is 6.04 Å². The van der Waals surface area contributed by atoms with Crippen molar-refractivity contribution in [1.82, 2.24) is 16.0 Å². The Morgan fingerprint density at radius 2 is 1.78 bits per heavy atom. The molecule has 0 heterocycles. The third kappa shape index (κ3) is 8.41. The van der Waals surface area contributed by atoms with Gasteiger partial charge in [-0.1, -0.05) is 23.7 Å². The zero-order chi connectivity index (χ0) is 20.4. The Balaban J connectivity index is 2.56. The molecule has 148 valence electrons. The predicted octanol–water partition coefficient (Wildman–Crippen LogP) is 0.624. The highest BCUT2D eigenvalue weighted by molar-refractivity contribution is 6.30. The van der Waals surface area contributed by atoms with Crippen molar-refractivity contribution in [1.29, 1.82) is 0 Å². The van der Waals surface area contributed by atoms with E-state index in [0.717, 1.165) is 0 Å². The number of halogens is 1. The summed E-state index contributed by atoms with van der Waals surface area (Å²) in [6.45, 7) is 3.16. The first-order valence-electron chi connectivity index (χ1n) is 8.27. The molecule has 4 amide bonds. The van der Waals surface area contributed by atoms with Gasteiger partial charge in [0.25, 0.3) is 5.91 Å². The van der Waals surface area contributed by atoms with Crippen molar-refractivity contribution in [3.8, 4) is 0 Å². The van der Waals surface area contributed by atoms with Crippen LogP contribution in [0.5, 0.6) is 0 Å². The second-order valence-electron chi connectivity index (χ2n) is 5.66. The molecule has 10 heteroatoms. The third-order valence-electron chi connectivity index (χ3n) is 3.45. The van der Waals surface area contributed by atoms with Crippen LogP contribution in [0.25, 0.3) is 0 Å². The van der Waals surface area contributed by atoms with Crippen LogP contribution in [-0.2, 0) is 19.1 Å². The number of carbonyl (C=O) groups is 4. The number of ether oxygens (including phenoxy) is 1. The maximum absolute atomic E-state index is 12.0. The van der Waals surface area contributed by atoms with Gasteiger partial charge in [0.2, 0.25) is 5.91 Å². The van der Waals surface area contributed by atoms with E-state index in [4.69, 9.17) is 22.1 Å². The van der Waals surface area contributed by atoms with Crippen LogP contribution < -0.4 is 21.7 Å². The van der Waals surface area contributed by atoms with Crippen molar-refractivity contribution in [2.45, 2.75) is 32.4 Å². The lowest BCUT2D eigenvalue weighted by atomic mass is 10.0. The van der Waals surface area contributed by atoms with E-state index in [-0.39, 0.29) is 12.3 Å². The second kappa shape index (κ2) is 11.0. The topological polar surface area (TPSA) is 140 Å². The maximum atomic E-state index is 12.0. The summed E-state index contributed by atoms with van der Waals surface area (Å²) in [5.74, 6) is -1.68. The Bertz CT molecular complexity index is 680. The van der Waals surface area contributed by atoms with Gasteiger partial charge in [-0.2, -0.15) is 0 Å². The first-order valence-corrected chi connectivity index (χ1v) is 8.64. The molecule has 0 spiro atoms. The zero-order valence-corrected chi connectivity index (χ0v) is 15.8. The van der Waals surface area contributed by atoms with E-state index in [9.17, 15) is 19.2 Å². The summed E-state index contributed by atoms with van der Waals surface area (Å²) >= 11 is 5.82. The van der Waals surface area contributed by atoms with Crippen LogP contribution in [0.15, 0.2) is 24.3 Å². The number of rotatable bonds is 9. The Labute approximate surface area is 161 Å². The van der Waals surface area contributed by atoms with Gasteiger partial charge in [-0.25, -0.2) is 4.79 Å². The minimum Gasteiger partial charge on any atom is -0.456 e. The molecule has 1 aromatic rings. The number of carbonyl (C=O) groups excluding carboxylic acids is 4. The fourth-order valence-corrected chi connectivity index (χ4v) is 2.29. The first kappa shape index (κ1) is 22.2. The Hall–Kier alpha value is -2.81. The standard InChI is InChI=1S/C17H23ClN4O5/c1-3-20-16(25)10(2)21-14(23)9-27-15(24)8-13(22-17(19)26)11-4-6-12(18)7-5-11/h4-7,10,13H,3,8-9H2,1-2H3,(H,20,25)(H,21,23)(H3,19,22,26)/t10-,13+/m0/s1. The van der Waals surface area contributed by atoms with Crippen LogP contribution in [0.2, 0.25) is 5.02 Å². The molecular formula is C17H23ClN4O5. The van der Waals surface area contributed by atoms with Gasteiger partial charge < -0.3 is 26.4 Å². The van der Waals surface area contributed by atoms with Gasteiger partial charge in [0.05, 0.1) is 12.5 Å². The number of primary amides is 1. The Kier molecular flexibility index (Phi) is 9.07. The van der Waals surface area contributed by atoms with Gasteiger partial charge in [0, 0.05) is 11.6 Å². The lowest BCUT2D eigenvalue weighted by Crippen LogP contribution is -2.46. The van der Waals surface area contributed by atoms with Gasteiger partial charge in [-0.3, -0.25) is 14.4 Å². The number of amides is 4. The largest absolute Gasteiger partial charge is 0.456 e. The van der Waals surface area contributed by atoms with Crippen molar-refractivity contribution in [3.05, 3.63) is 34.9 Å². The van der Waals surface area contributed by atoms with Crippen LogP contribution >= 0.6 is 11.6 Å². The molecule has 0 saturated heterocycles. The van der Waals surface area contributed by atoms with Crippen LogP contribution in [0, 0.1) is 0 Å². The van der Waals surface area contributed by atoms with Crippen molar-refractivity contribution < 1.29 is 23.9 Å². The molecule has 5 N–H and O–H groups in total. The number of esters is 1. The molecule has 27 heavy (non-hydrogen) atoms. The predicted molar refractivity (Wildman–Crippen MR) is 98.8 cm³/mol. The van der Waals surface area contributed by atoms with E-state index in [2.05, 4.69) is 16.0 Å². The number of hydrogen-bond acceptors (Lipinski definition) is 5. The van der Waals surface area contributed by atoms with Gasteiger partial charge >= 0.3 is 12.0 Å². The van der Waals surface area contributed by atoms with Crippen molar-refractivity contribution >= 4 is 35.4 Å². The molecule has 1 rings (SSSR count). The summed E-state index contributed by atoms with van der Waals surface area (Å²) in [4.78, 5) is 46.5. The molecule has 0 saturated carbocycles. The summed E-state index contributed by atoms with van der Waals surface area (Å²) in [6.07, 6.45) is -0.232. The van der Waals surface area contributed by atoms with E-state index in [0.29, 0.717) is 17.1 Å². The van der Waals surface area contributed by atoms with Crippen LogP contribution in [0.3, 0.4) is 0 Å². The van der Waals surface area contributed by atoms with Crippen molar-refractivity contribution in [2.24, 2.45) is 5.73 Å². The minimum atomic E-state index is -0.809. The molecule has 1 aromatic carbocycles. The van der Waals surface area contributed by atoms with E-state index in [1.54, 1.807) is 31.2 Å². The van der Waals surface area contributed by atoms with Crippen LogP contribution in [0.4, 0.5) is 4.79 Å². The molecule has 0 aromatic heterocycles. The molecule has 0 bridgehead atoms. The molecule has 0 aliphatic heterocycles. The third-order valence-corrected chi connectivity index (χ3v) is 3.70. The van der Waals surface area contributed by atoms with Crippen LogP contribution in [-0.4, -0.2) is 43.0 Å². The van der Waals surface area contributed by atoms with E-state index in [1.165, 1.54) is 6.92 Å². The van der Waals surface area contributed by atoms with Gasteiger partial charge in [-0.05, 0) is 31.5 Å². The highest BCUT2D eigenvalue weighted by Gasteiger charge is 2.20. The second-order valence-corrected chi connectivity index (χ2v) is 6.10. The highest BCUT2D eigenvalue weighted by Crippen LogP contribution is 2.19. The van der Waals surface area contributed by atoms with E-state index < -0.39 is 36.6 Å². The van der Waals surface area contributed by atoms with Gasteiger partial charge in [-0.15, -0.1) is 0 Å². The number of urea groups is 1. The van der Waals surface area contributed by atoms with Crippen LogP contribution in [0.1, 0.15) is 31.9 Å². The maximum Gasteiger partial charge on any atom is 0.312 e. The average Bonchev–Trinajstić information content (AvgIpc) is 2.60. The zero-order valence-electron chi connectivity index (χ0n) is 15.1. The molecule has 0 aliphatic carbocycles. The average molecular weight is 399 g/mol. The number of hydrogen-bond donors (Lipinski definition) is 4. The van der Waals surface area contributed by atoms with Crippen molar-refractivity contribution in [2.75, 3.05) is 13.2 Å². The molecule has 0 unspecified atom stereocenters. The highest BCUT2D eigenvalue weighted by atomic mass is 35.5. The van der Waals surface area contributed by atoms with Gasteiger partial charge in [0.15, 0.2) is 6.61 Å². The molecule has 0 aliphatic rings. The monoisotopic (exact) mass is 398 g/mol. The number of likely N-dealkylation sites (N-methyl/N-ethyl adjacent to an activating group) is 1. The quantitative estimate of drug-likeness (QED) is 0.451. The summed E-state index contributed by atoms with van der Waals surface area (Å²) in [5.41, 5.74) is 5.74. The lowest BCUT2D eigenvalue weighted by Gasteiger charge is -2.18. The van der Waals surface area contributed by atoms with E-state index >= 15 is 0 Å². The number of benzene rings is 1. The van der Waals surface area contributed by atoms with E-state index in [1.807, 2.05) is 0 Å². The summed E-state index contributed by atoms with van der Waals surface area (Å²) in [5, 5.41) is 7.90. The SMILES string of the molecule is CCNC(=O)[C@H](C)NC(=O)COC(=O)C[C@@H](NC(N)=O)c1ccc(Cl)cc1. The summed E-state index contributed by atoms with van der Waals surface area (Å²) in [7, 11) is 0. The fourth-order valence-electron chi connectivity index (χ4n) is 2.17. The summed E-state index contributed by atoms with van der Waals surface area (Å²) < 4.78 is 4.90. The lowest BCUT2D eigenvalue weighted by molar-refractivity contribution is -0.149. The molecular weight excluding hydrogens is 376 g/mol. The Morgan fingerprint density at radius 3 is 2.33 bits per heavy atom. The summed E-state index contributed by atoms with van der Waals surface area (Å²) in [6, 6.07) is 4.19. The van der Waals surface area contributed by atoms with Crippen molar-refractivity contribution in [3.63, 3.8) is 0 Å². The molecule has 0 radical (unpaired) electrons. The molecule has 2 atom stereocenters. The number of nitrogens with two attached hydrogens (primary N) is 1. The fraction of sp³-hybridized carbons (Fsp3) is 0.412. The minimum absolute atomic E-state index is 0.232. The smallest absolute Gasteiger partial charge is 0.312 e. The normalized spacial score (nSPS) is 12.4. The molecule has 0 fully saturated rings. The molecule has 9 nitrogen and oxygen atoms in total.